The molecule has 0 fully saturated rings. The Bertz CT molecular complexity index is 367. The highest BCUT2D eigenvalue weighted by Crippen LogP contribution is 2.23. The summed E-state index contributed by atoms with van der Waals surface area (Å²) in [5, 5.41) is 0. The van der Waals surface area contributed by atoms with Gasteiger partial charge < -0.3 is 4.74 Å². The minimum absolute atomic E-state index is 0.391. The molecule has 0 spiro atoms. The van der Waals surface area contributed by atoms with E-state index in [1.165, 1.54) is 6.07 Å². The molecule has 1 aromatic rings. The van der Waals surface area contributed by atoms with Gasteiger partial charge in [-0.2, -0.15) is 0 Å². The Hall–Kier alpha value is -1.83. The smallest absolute Gasteiger partial charge is 0.387 e. The summed E-state index contributed by atoms with van der Waals surface area (Å²) < 4.78 is 39.1. The van der Waals surface area contributed by atoms with Crippen LogP contribution in [0.5, 0.6) is 5.88 Å². The molecule has 0 saturated carbocycles. The summed E-state index contributed by atoms with van der Waals surface area (Å²) in [5.41, 5.74) is 1.29. The van der Waals surface area contributed by atoms with Gasteiger partial charge in [0, 0.05) is 6.20 Å². The van der Waals surface area contributed by atoms with Gasteiger partial charge >= 0.3 is 6.36 Å². The number of aromatic nitrogens is 1. The van der Waals surface area contributed by atoms with Gasteiger partial charge in [0.2, 0.25) is 5.88 Å². The average Bonchev–Trinajstić information content (AvgIpc) is 2.15. The van der Waals surface area contributed by atoms with Crippen LogP contribution in [-0.2, 0) is 0 Å². The molecule has 0 radical (unpaired) electrons. The molecule has 8 heteroatoms. The van der Waals surface area contributed by atoms with Gasteiger partial charge in [0.05, 0.1) is 0 Å². The number of hydrazine groups is 1. The van der Waals surface area contributed by atoms with E-state index in [0.29, 0.717) is 0 Å². The first-order valence-electron chi connectivity index (χ1n) is 3.66. The van der Waals surface area contributed by atoms with Crippen molar-refractivity contribution >= 4 is 5.91 Å². The molecule has 0 unspecified atom stereocenters. The number of nitrogens with one attached hydrogen (secondary N) is 1. The number of alkyl halides is 3. The summed E-state index contributed by atoms with van der Waals surface area (Å²) in [7, 11) is 0. The summed E-state index contributed by atoms with van der Waals surface area (Å²) in [5.74, 6) is 3.02. The first-order valence-corrected chi connectivity index (χ1v) is 3.66. The van der Waals surface area contributed by atoms with Crippen molar-refractivity contribution in [2.75, 3.05) is 0 Å². The Balaban J connectivity index is 3.02. The van der Waals surface area contributed by atoms with E-state index in [0.717, 1.165) is 12.3 Å². The minimum Gasteiger partial charge on any atom is -0.387 e. The molecule has 15 heavy (non-hydrogen) atoms. The Morgan fingerprint density at radius 1 is 1.53 bits per heavy atom. The summed E-state index contributed by atoms with van der Waals surface area (Å²) in [4.78, 5) is 14.3. The van der Waals surface area contributed by atoms with Crippen molar-refractivity contribution in [1.82, 2.24) is 10.4 Å². The predicted molar refractivity (Wildman–Crippen MR) is 42.6 cm³/mol. The Labute approximate surface area is 82.0 Å². The van der Waals surface area contributed by atoms with Gasteiger partial charge in [0.15, 0.2) is 0 Å². The number of nitrogens with zero attached hydrogens (tertiary/aromatic N) is 1. The van der Waals surface area contributed by atoms with Crippen molar-refractivity contribution in [1.29, 1.82) is 0 Å². The van der Waals surface area contributed by atoms with Crippen LogP contribution in [0.15, 0.2) is 18.3 Å². The Morgan fingerprint density at radius 2 is 2.20 bits per heavy atom. The molecular weight excluding hydrogens is 215 g/mol. The summed E-state index contributed by atoms with van der Waals surface area (Å²) >= 11 is 0. The van der Waals surface area contributed by atoms with Gasteiger partial charge in [-0.3, -0.25) is 10.2 Å². The molecule has 0 atom stereocenters. The van der Waals surface area contributed by atoms with Crippen LogP contribution in [0.1, 0.15) is 10.4 Å². The van der Waals surface area contributed by atoms with Crippen molar-refractivity contribution in [3.05, 3.63) is 23.9 Å². The third-order valence-corrected chi connectivity index (χ3v) is 1.36. The van der Waals surface area contributed by atoms with Gasteiger partial charge in [-0.05, 0) is 12.1 Å². The number of hydrogen-bond acceptors (Lipinski definition) is 4. The fourth-order valence-electron chi connectivity index (χ4n) is 0.832. The Morgan fingerprint density at radius 3 is 2.73 bits per heavy atom. The molecule has 1 aromatic heterocycles. The number of carbonyl (C=O) groups is 1. The van der Waals surface area contributed by atoms with Crippen molar-refractivity contribution in [3.8, 4) is 5.88 Å². The summed E-state index contributed by atoms with van der Waals surface area (Å²) in [6.45, 7) is 0. The topological polar surface area (TPSA) is 77.2 Å². The zero-order chi connectivity index (χ0) is 11.5. The van der Waals surface area contributed by atoms with Gasteiger partial charge in [-0.15, -0.1) is 13.2 Å². The average molecular weight is 221 g/mol. The largest absolute Gasteiger partial charge is 0.574 e. The second kappa shape index (κ2) is 4.13. The molecule has 3 N–H and O–H groups in total. The number of amides is 1. The number of carbonyl (C=O) groups excluding carboxylic acids is 1. The predicted octanol–water partition coefficient (Wildman–Crippen LogP) is 0.584. The first kappa shape index (κ1) is 11.2. The molecule has 0 aromatic carbocycles. The lowest BCUT2D eigenvalue weighted by molar-refractivity contribution is -0.276. The SMILES string of the molecule is NNC(=O)c1cccnc1OC(F)(F)F. The van der Waals surface area contributed by atoms with E-state index in [1.54, 1.807) is 5.43 Å². The number of ether oxygens (including phenoxy) is 1. The second-order valence-corrected chi connectivity index (χ2v) is 2.38. The van der Waals surface area contributed by atoms with Gasteiger partial charge in [-0.25, -0.2) is 10.8 Å². The molecule has 1 heterocycles. The molecule has 0 bridgehead atoms. The minimum atomic E-state index is -4.90. The van der Waals surface area contributed by atoms with Crippen molar-refractivity contribution in [2.24, 2.45) is 5.84 Å². The molecular formula is C7H6F3N3O2. The number of halogens is 3. The van der Waals surface area contributed by atoms with E-state index in [4.69, 9.17) is 5.84 Å². The number of nitrogen functional groups attached to an aromatic ring is 1. The highest BCUT2D eigenvalue weighted by Gasteiger charge is 2.33. The highest BCUT2D eigenvalue weighted by atomic mass is 19.4. The second-order valence-electron chi connectivity index (χ2n) is 2.38. The molecule has 1 amide bonds. The third-order valence-electron chi connectivity index (χ3n) is 1.36. The van der Waals surface area contributed by atoms with E-state index in [-0.39, 0.29) is 0 Å². The van der Waals surface area contributed by atoms with E-state index >= 15 is 0 Å². The summed E-state index contributed by atoms with van der Waals surface area (Å²) in [6, 6.07) is 2.39. The van der Waals surface area contributed by atoms with Crippen LogP contribution in [-0.4, -0.2) is 17.3 Å². The Kier molecular flexibility index (Phi) is 3.10. The molecule has 0 aliphatic carbocycles. The number of rotatable bonds is 2. The highest BCUT2D eigenvalue weighted by molar-refractivity contribution is 5.95. The zero-order valence-corrected chi connectivity index (χ0v) is 7.21. The number of hydrogen-bond donors (Lipinski definition) is 2. The lowest BCUT2D eigenvalue weighted by Gasteiger charge is -2.10. The van der Waals surface area contributed by atoms with Crippen LogP contribution in [0.3, 0.4) is 0 Å². The molecule has 0 saturated heterocycles. The normalized spacial score (nSPS) is 10.9. The maximum atomic E-state index is 11.9. The quantitative estimate of drug-likeness (QED) is 0.435. The van der Waals surface area contributed by atoms with Crippen molar-refractivity contribution in [3.63, 3.8) is 0 Å². The maximum Gasteiger partial charge on any atom is 0.574 e. The van der Waals surface area contributed by atoms with Gasteiger partial charge in [-0.1, -0.05) is 0 Å². The lowest BCUT2D eigenvalue weighted by Crippen LogP contribution is -2.31. The number of pyridine rings is 1. The maximum absolute atomic E-state index is 11.9. The van der Waals surface area contributed by atoms with Crippen LogP contribution in [0.25, 0.3) is 0 Å². The van der Waals surface area contributed by atoms with Crippen molar-refractivity contribution < 1.29 is 22.7 Å². The lowest BCUT2D eigenvalue weighted by atomic mass is 10.2. The van der Waals surface area contributed by atoms with Crippen LogP contribution < -0.4 is 16.0 Å². The number of nitrogens with two attached hydrogens (primary N) is 1. The van der Waals surface area contributed by atoms with E-state index in [1.807, 2.05) is 0 Å². The van der Waals surface area contributed by atoms with Crippen LogP contribution in [0.4, 0.5) is 13.2 Å². The fourth-order valence-corrected chi connectivity index (χ4v) is 0.832. The molecule has 0 aliphatic heterocycles. The van der Waals surface area contributed by atoms with Crippen LogP contribution >= 0.6 is 0 Å². The molecule has 1 rings (SSSR count). The third kappa shape index (κ3) is 3.09. The summed E-state index contributed by atoms with van der Waals surface area (Å²) in [6.07, 6.45) is -3.84. The monoisotopic (exact) mass is 221 g/mol. The van der Waals surface area contributed by atoms with Crippen LogP contribution in [0.2, 0.25) is 0 Å². The van der Waals surface area contributed by atoms with E-state index in [2.05, 4.69) is 9.72 Å². The molecule has 82 valence electrons. The van der Waals surface area contributed by atoms with Gasteiger partial charge in [0.25, 0.3) is 5.91 Å². The van der Waals surface area contributed by atoms with E-state index < -0.39 is 23.7 Å². The standard InChI is InChI=1S/C7H6F3N3O2/c8-7(9,10)15-6-4(5(14)13-11)2-1-3-12-6/h1-3H,11H2,(H,13,14). The molecule has 5 nitrogen and oxygen atoms in total. The zero-order valence-electron chi connectivity index (χ0n) is 7.21. The van der Waals surface area contributed by atoms with Gasteiger partial charge in [0.1, 0.15) is 5.56 Å². The molecule has 0 aliphatic rings. The van der Waals surface area contributed by atoms with Crippen LogP contribution in [0, 0.1) is 0 Å². The van der Waals surface area contributed by atoms with E-state index in [9.17, 15) is 18.0 Å². The van der Waals surface area contributed by atoms with Crippen molar-refractivity contribution in [2.45, 2.75) is 6.36 Å². The first-order chi connectivity index (χ1) is 6.94. The fraction of sp³-hybridized carbons (Fsp3) is 0.143.